The third-order valence-corrected chi connectivity index (χ3v) is 15.8. The van der Waals surface area contributed by atoms with Crippen LogP contribution in [0.1, 0.15) is 111 Å². The van der Waals surface area contributed by atoms with Gasteiger partial charge in [0.2, 0.25) is 29.5 Å². The number of likely N-dealkylation sites (tertiary alicyclic amines) is 2. The van der Waals surface area contributed by atoms with E-state index in [1.807, 2.05) is 84.0 Å². The van der Waals surface area contributed by atoms with Gasteiger partial charge in [-0.2, -0.15) is 0 Å². The van der Waals surface area contributed by atoms with E-state index < -0.39 is 64.8 Å². The lowest BCUT2D eigenvalue weighted by Gasteiger charge is -2.36. The van der Waals surface area contributed by atoms with Gasteiger partial charge in [0.05, 0.1) is 24.7 Å². The normalized spacial score (nSPS) is 23.0. The maximum Gasteiger partial charge on any atom is 0.251 e. The Hall–Kier alpha value is -5.43. The Bertz CT molecular complexity index is 2440. The number of hydrogen-bond donors (Lipinski definition) is 7. The zero-order valence-electron chi connectivity index (χ0n) is 41.5. The Kier molecular flexibility index (Phi) is 16.7. The summed E-state index contributed by atoms with van der Waals surface area (Å²) in [5.74, 6) is -0.799. The highest BCUT2D eigenvalue weighted by molar-refractivity contribution is 7.99. The number of thioether (sulfide) groups is 2. The van der Waals surface area contributed by atoms with Crippen molar-refractivity contribution in [3.63, 3.8) is 0 Å². The molecule has 4 aliphatic heterocycles. The van der Waals surface area contributed by atoms with Crippen molar-refractivity contribution in [3.8, 4) is 0 Å². The second-order valence-corrected chi connectivity index (χ2v) is 23.1. The van der Waals surface area contributed by atoms with E-state index in [9.17, 15) is 33.6 Å². The molecular formula is C52H69N9O7S2. The predicted molar refractivity (Wildman–Crippen MR) is 272 cm³/mol. The maximum atomic E-state index is 14.5. The van der Waals surface area contributed by atoms with Gasteiger partial charge in [-0.15, -0.1) is 23.5 Å². The second-order valence-electron chi connectivity index (χ2n) is 20.9. The summed E-state index contributed by atoms with van der Waals surface area (Å²) in [4.78, 5) is 103. The van der Waals surface area contributed by atoms with Crippen LogP contribution in [0.25, 0.3) is 0 Å². The minimum absolute atomic E-state index is 0.00631. The van der Waals surface area contributed by atoms with Crippen molar-refractivity contribution in [1.82, 2.24) is 47.0 Å². The van der Waals surface area contributed by atoms with E-state index in [2.05, 4.69) is 43.3 Å². The number of carbonyl (C=O) groups is 7. The van der Waals surface area contributed by atoms with Crippen molar-refractivity contribution >= 4 is 64.9 Å². The Morgan fingerprint density at radius 3 is 1.40 bits per heavy atom. The predicted octanol–water partition coefficient (Wildman–Crippen LogP) is 4.18. The third-order valence-electron chi connectivity index (χ3n) is 13.6. The molecule has 0 radical (unpaired) electrons. The molecule has 16 nitrogen and oxygen atoms in total. The van der Waals surface area contributed by atoms with Gasteiger partial charge in [-0.3, -0.25) is 33.6 Å². The smallest absolute Gasteiger partial charge is 0.251 e. The van der Waals surface area contributed by atoms with Gasteiger partial charge in [-0.25, -0.2) is 0 Å². The summed E-state index contributed by atoms with van der Waals surface area (Å²) in [6, 6.07) is 17.3. The van der Waals surface area contributed by atoms with Gasteiger partial charge in [0.15, 0.2) is 0 Å². The molecule has 8 unspecified atom stereocenters. The first-order valence-corrected chi connectivity index (χ1v) is 26.2. The summed E-state index contributed by atoms with van der Waals surface area (Å²) in [6.45, 7) is 11.6. The van der Waals surface area contributed by atoms with Gasteiger partial charge in [0.1, 0.15) is 18.1 Å². The second kappa shape index (κ2) is 22.3. The molecule has 70 heavy (non-hydrogen) atoms. The molecule has 2 saturated heterocycles. The summed E-state index contributed by atoms with van der Waals surface area (Å²) in [5.41, 5.74) is 1.47. The van der Waals surface area contributed by atoms with E-state index in [4.69, 9.17) is 0 Å². The number of hydrogen-bond acceptors (Lipinski definition) is 11. The van der Waals surface area contributed by atoms with Crippen molar-refractivity contribution in [2.24, 2.45) is 10.8 Å². The minimum Gasteiger partial charge on any atom is -0.347 e. The Labute approximate surface area is 420 Å². The SMILES string of the molecule is CNCC(=O)NC(C(=O)N1CC(NC(=O)c2ccc(C(=O)NC3CC(C(=O)NC4CCSc5ccccc54)N(C(=O)C(NC)C(C)(C)C)C3)cc2)CC1C(=O)NC1CCSc2ccccc21)C(C)(C)C. The molecule has 0 bridgehead atoms. The standard InChI is InChI=1S/C52H69N9O7S2/c1-51(2,3)43(54-8)49(67)60-28-32(25-38(60)47(65)57-36-21-23-69-40-15-11-9-13-34(36)40)55-45(63)30-17-19-31(20-18-30)46(64)56-33-26-39(48(66)58-37-22-24-70-41-16-12-10-14-35(37)41)61(29-33)50(68)44(52(4,5)6)59-42(62)27-53-7/h9-20,32-33,36-39,43-44,53-54H,21-29H2,1-8H3,(H,55,63)(H,56,64)(H,57,65)(H,58,66)(H,59,62). The molecule has 3 aromatic rings. The largest absolute Gasteiger partial charge is 0.347 e. The van der Waals surface area contributed by atoms with Crippen LogP contribution < -0.4 is 37.2 Å². The molecule has 8 atom stereocenters. The molecule has 2 fully saturated rings. The number of likely N-dealkylation sites (N-methyl/N-ethyl adjacent to an activating group) is 2. The van der Waals surface area contributed by atoms with Crippen LogP contribution in [-0.2, 0) is 24.0 Å². The highest BCUT2D eigenvalue weighted by Crippen LogP contribution is 2.38. The lowest BCUT2D eigenvalue weighted by Crippen LogP contribution is -2.58. The van der Waals surface area contributed by atoms with Crippen LogP contribution in [0.3, 0.4) is 0 Å². The summed E-state index contributed by atoms with van der Waals surface area (Å²) in [5, 5.41) is 21.3. The fourth-order valence-corrected chi connectivity index (χ4v) is 12.2. The van der Waals surface area contributed by atoms with E-state index in [-0.39, 0.29) is 79.3 Å². The van der Waals surface area contributed by atoms with Crippen molar-refractivity contribution in [3.05, 3.63) is 95.1 Å². The lowest BCUT2D eigenvalue weighted by atomic mass is 9.85. The van der Waals surface area contributed by atoms with Gasteiger partial charge >= 0.3 is 0 Å². The molecule has 0 aromatic heterocycles. The zero-order chi connectivity index (χ0) is 50.5. The molecule has 4 heterocycles. The molecule has 0 aliphatic carbocycles. The summed E-state index contributed by atoms with van der Waals surface area (Å²) < 4.78 is 0. The van der Waals surface area contributed by atoms with Crippen LogP contribution in [-0.4, -0.2) is 133 Å². The highest BCUT2D eigenvalue weighted by atomic mass is 32.2. The number of nitrogens with zero attached hydrogens (tertiary/aromatic N) is 2. The minimum atomic E-state index is -0.952. The molecular weight excluding hydrogens is 927 g/mol. The van der Waals surface area contributed by atoms with Gasteiger partial charge in [-0.1, -0.05) is 77.9 Å². The van der Waals surface area contributed by atoms with Crippen LogP contribution >= 0.6 is 23.5 Å². The summed E-state index contributed by atoms with van der Waals surface area (Å²) in [7, 11) is 3.37. The average Bonchev–Trinajstić information content (AvgIpc) is 3.95. The third kappa shape index (κ3) is 12.2. The van der Waals surface area contributed by atoms with E-state index in [0.717, 1.165) is 38.8 Å². The highest BCUT2D eigenvalue weighted by Gasteiger charge is 2.47. The number of benzene rings is 3. The van der Waals surface area contributed by atoms with Crippen molar-refractivity contribution < 1.29 is 33.6 Å². The first-order valence-electron chi connectivity index (χ1n) is 24.3. The number of carbonyl (C=O) groups excluding carboxylic acids is 7. The Morgan fingerprint density at radius 2 is 1.00 bits per heavy atom. The quantitative estimate of drug-likeness (QED) is 0.122. The molecule has 7 amide bonds. The molecule has 4 aliphatic rings. The maximum absolute atomic E-state index is 14.5. The van der Waals surface area contributed by atoms with Crippen molar-refractivity contribution in [2.75, 3.05) is 45.2 Å². The van der Waals surface area contributed by atoms with Crippen LogP contribution in [0.4, 0.5) is 0 Å². The monoisotopic (exact) mass is 995 g/mol. The molecule has 7 rings (SSSR count). The molecule has 376 valence electrons. The molecule has 7 N–H and O–H groups in total. The first-order chi connectivity index (χ1) is 33.3. The van der Waals surface area contributed by atoms with E-state index in [0.29, 0.717) is 6.42 Å². The number of nitrogens with one attached hydrogen (secondary N) is 7. The average molecular weight is 996 g/mol. The molecule has 18 heteroatoms. The summed E-state index contributed by atoms with van der Waals surface area (Å²) >= 11 is 3.49. The molecule has 3 aromatic carbocycles. The van der Waals surface area contributed by atoms with Crippen LogP contribution in [0.5, 0.6) is 0 Å². The van der Waals surface area contributed by atoms with Crippen LogP contribution in [0.2, 0.25) is 0 Å². The van der Waals surface area contributed by atoms with Crippen LogP contribution in [0.15, 0.2) is 82.6 Å². The molecule has 0 saturated carbocycles. The van der Waals surface area contributed by atoms with Gasteiger partial charge in [0.25, 0.3) is 11.8 Å². The number of fused-ring (bicyclic) bond motifs is 2. The zero-order valence-corrected chi connectivity index (χ0v) is 43.1. The topological polar surface area (TPSA) is 210 Å². The van der Waals surface area contributed by atoms with Gasteiger partial charge < -0.3 is 47.0 Å². The number of rotatable bonds is 14. The molecule has 0 spiro atoms. The fourth-order valence-electron chi connectivity index (χ4n) is 9.98. The number of amides is 7. The fraction of sp³-hybridized carbons (Fsp3) is 0.519. The van der Waals surface area contributed by atoms with Crippen molar-refractivity contribution in [2.45, 2.75) is 125 Å². The van der Waals surface area contributed by atoms with E-state index in [1.54, 1.807) is 66.8 Å². The van der Waals surface area contributed by atoms with E-state index >= 15 is 0 Å². The van der Waals surface area contributed by atoms with Gasteiger partial charge in [-0.05, 0) is 98.1 Å². The summed E-state index contributed by atoms with van der Waals surface area (Å²) in [6.07, 6.45) is 1.84. The Morgan fingerprint density at radius 1 is 0.586 bits per heavy atom. The Balaban J connectivity index is 1.03. The van der Waals surface area contributed by atoms with Crippen LogP contribution in [0, 0.1) is 10.8 Å². The van der Waals surface area contributed by atoms with E-state index in [1.165, 1.54) is 4.90 Å². The van der Waals surface area contributed by atoms with Gasteiger partial charge in [0, 0.05) is 57.6 Å². The lowest BCUT2D eigenvalue weighted by molar-refractivity contribution is -0.144. The van der Waals surface area contributed by atoms with Crippen molar-refractivity contribution in [1.29, 1.82) is 0 Å². The first kappa shape index (κ1) is 52.4.